The normalized spacial score (nSPS) is 29.1. The predicted molar refractivity (Wildman–Crippen MR) is 67.5 cm³/mol. The van der Waals surface area contributed by atoms with Gasteiger partial charge in [0.2, 0.25) is 0 Å². The number of carbonyl (C=O) groups is 1. The summed E-state index contributed by atoms with van der Waals surface area (Å²) < 4.78 is 24.9. The number of Topliss-reactive ketones (excluding diaryl/α,β-unsaturated/α-hetero) is 1. The zero-order chi connectivity index (χ0) is 14.1. The van der Waals surface area contributed by atoms with E-state index in [9.17, 15) is 9.18 Å². The lowest BCUT2D eigenvalue weighted by atomic mass is 9.96. The number of hydrogen-bond donors (Lipinski definition) is 0. The summed E-state index contributed by atoms with van der Waals surface area (Å²) >= 11 is 0. The number of nitrogens with zero attached hydrogens (tertiary/aromatic N) is 1. The van der Waals surface area contributed by atoms with E-state index in [1.54, 1.807) is 18.2 Å². The molecule has 1 aromatic rings. The lowest BCUT2D eigenvalue weighted by molar-refractivity contribution is -0.141. The predicted octanol–water partition coefficient (Wildman–Crippen LogP) is 1.83. The Labute approximate surface area is 115 Å². The third-order valence-corrected chi connectivity index (χ3v) is 3.45. The van der Waals surface area contributed by atoms with Crippen molar-refractivity contribution in [1.82, 2.24) is 0 Å². The molecule has 0 aliphatic carbocycles. The summed E-state index contributed by atoms with van der Waals surface area (Å²) in [5, 5.41) is 3.77. The Morgan fingerprint density at radius 1 is 1.30 bits per heavy atom. The van der Waals surface area contributed by atoms with Crippen molar-refractivity contribution in [3.63, 3.8) is 0 Å². The van der Waals surface area contributed by atoms with Gasteiger partial charge in [0.05, 0.1) is 19.1 Å². The van der Waals surface area contributed by atoms with Crippen molar-refractivity contribution in [2.24, 2.45) is 11.1 Å². The molecule has 1 fully saturated rings. The van der Waals surface area contributed by atoms with Crippen LogP contribution in [0.5, 0.6) is 0 Å². The molecule has 0 spiro atoms. The third kappa shape index (κ3) is 2.32. The van der Waals surface area contributed by atoms with Crippen LogP contribution in [-0.2, 0) is 19.1 Å². The lowest BCUT2D eigenvalue weighted by Crippen LogP contribution is -2.31. The fraction of sp³-hybridized carbons (Fsp3) is 0.429. The molecule has 1 aromatic carbocycles. The first kappa shape index (κ1) is 13.2. The molecule has 2 heterocycles. The Kier molecular flexibility index (Phi) is 3.50. The highest BCUT2D eigenvalue weighted by Gasteiger charge is 2.40. The van der Waals surface area contributed by atoms with Gasteiger partial charge in [-0.1, -0.05) is 23.4 Å². The fourth-order valence-electron chi connectivity index (χ4n) is 2.37. The molecule has 3 atom stereocenters. The van der Waals surface area contributed by atoms with Gasteiger partial charge in [-0.2, -0.15) is 0 Å². The largest absolute Gasteiger partial charge is 0.389 e. The molecular formula is C14H14FNO4. The first-order chi connectivity index (χ1) is 9.66. The number of ketones is 1. The van der Waals surface area contributed by atoms with Gasteiger partial charge in [-0.3, -0.25) is 4.79 Å². The number of halogens is 1. The van der Waals surface area contributed by atoms with Gasteiger partial charge in [-0.25, -0.2) is 4.39 Å². The minimum atomic E-state index is -0.793. The van der Waals surface area contributed by atoms with Gasteiger partial charge in [0.1, 0.15) is 11.5 Å². The van der Waals surface area contributed by atoms with E-state index in [0.29, 0.717) is 11.3 Å². The van der Waals surface area contributed by atoms with E-state index in [1.165, 1.54) is 13.0 Å². The third-order valence-electron chi connectivity index (χ3n) is 3.45. The van der Waals surface area contributed by atoms with Crippen LogP contribution in [0, 0.1) is 11.7 Å². The molecule has 0 bridgehead atoms. The van der Waals surface area contributed by atoms with Crippen LogP contribution in [0.25, 0.3) is 0 Å². The molecule has 0 radical (unpaired) electrons. The first-order valence-corrected chi connectivity index (χ1v) is 6.39. The van der Waals surface area contributed by atoms with Crippen LogP contribution in [0.2, 0.25) is 0 Å². The highest BCUT2D eigenvalue weighted by molar-refractivity contribution is 6.40. The summed E-state index contributed by atoms with van der Waals surface area (Å²) in [6, 6.07) is 6.29. The molecule has 0 amide bonds. The highest BCUT2D eigenvalue weighted by atomic mass is 19.1. The molecule has 0 aromatic heterocycles. The molecule has 6 heteroatoms. The van der Waals surface area contributed by atoms with Crippen LogP contribution in [0.4, 0.5) is 4.39 Å². The van der Waals surface area contributed by atoms with Crippen LogP contribution in [0.1, 0.15) is 18.8 Å². The average Bonchev–Trinajstić information content (AvgIpc) is 2.73. The number of rotatable bonds is 2. The topological polar surface area (TPSA) is 57.1 Å². The van der Waals surface area contributed by atoms with Gasteiger partial charge in [-0.15, -0.1) is 0 Å². The van der Waals surface area contributed by atoms with Gasteiger partial charge in [0.25, 0.3) is 0 Å². The second kappa shape index (κ2) is 5.30. The molecule has 2 aliphatic rings. The summed E-state index contributed by atoms with van der Waals surface area (Å²) in [6.45, 7) is 1.84. The van der Waals surface area contributed by atoms with E-state index in [4.69, 9.17) is 14.3 Å². The number of carbonyl (C=O) groups excluding carboxylic acids is 1. The van der Waals surface area contributed by atoms with Gasteiger partial charge in [0, 0.05) is 12.5 Å². The van der Waals surface area contributed by atoms with Crippen LogP contribution in [-0.4, -0.2) is 30.8 Å². The molecule has 0 unspecified atom stereocenters. The molecule has 20 heavy (non-hydrogen) atoms. The SMILES string of the molecule is CC(=O)C1=NO[C@@H]2CO[C@H](c3ccccc3F)OC[C@@H]12. The minimum absolute atomic E-state index is 0.148. The summed E-state index contributed by atoms with van der Waals surface area (Å²) in [5.41, 5.74) is 0.696. The van der Waals surface area contributed by atoms with E-state index in [0.717, 1.165) is 0 Å². The number of benzene rings is 1. The maximum Gasteiger partial charge on any atom is 0.186 e. The van der Waals surface area contributed by atoms with Crippen molar-refractivity contribution in [3.05, 3.63) is 35.6 Å². The summed E-state index contributed by atoms with van der Waals surface area (Å²) in [4.78, 5) is 16.6. The van der Waals surface area contributed by atoms with Crippen molar-refractivity contribution in [3.8, 4) is 0 Å². The van der Waals surface area contributed by atoms with E-state index in [1.807, 2.05) is 0 Å². The summed E-state index contributed by atoms with van der Waals surface area (Å²) in [7, 11) is 0. The number of hydrogen-bond acceptors (Lipinski definition) is 5. The molecule has 2 aliphatic heterocycles. The van der Waals surface area contributed by atoms with Gasteiger partial charge >= 0.3 is 0 Å². The van der Waals surface area contributed by atoms with Crippen LogP contribution in [0.15, 0.2) is 29.4 Å². The number of oxime groups is 1. The molecule has 1 saturated heterocycles. The Balaban J connectivity index is 1.77. The zero-order valence-electron chi connectivity index (χ0n) is 10.9. The average molecular weight is 279 g/mol. The van der Waals surface area contributed by atoms with Crippen molar-refractivity contribution in [2.75, 3.05) is 13.2 Å². The smallest absolute Gasteiger partial charge is 0.186 e. The number of ether oxygens (including phenoxy) is 2. The molecular weight excluding hydrogens is 265 g/mol. The lowest BCUT2D eigenvalue weighted by Gasteiger charge is -2.16. The maximum atomic E-state index is 13.7. The van der Waals surface area contributed by atoms with Crippen LogP contribution < -0.4 is 0 Å². The van der Waals surface area contributed by atoms with E-state index < -0.39 is 6.29 Å². The minimum Gasteiger partial charge on any atom is -0.389 e. The van der Waals surface area contributed by atoms with E-state index in [-0.39, 0.29) is 36.8 Å². The molecule has 0 saturated carbocycles. The Morgan fingerprint density at radius 2 is 2.05 bits per heavy atom. The fourth-order valence-corrected chi connectivity index (χ4v) is 2.37. The first-order valence-electron chi connectivity index (χ1n) is 6.39. The van der Waals surface area contributed by atoms with Gasteiger partial charge < -0.3 is 14.3 Å². The van der Waals surface area contributed by atoms with Crippen molar-refractivity contribution >= 4 is 11.5 Å². The maximum absolute atomic E-state index is 13.7. The Morgan fingerprint density at radius 3 is 2.80 bits per heavy atom. The highest BCUT2D eigenvalue weighted by Crippen LogP contribution is 2.30. The van der Waals surface area contributed by atoms with Gasteiger partial charge in [0.15, 0.2) is 18.2 Å². The van der Waals surface area contributed by atoms with Crippen molar-refractivity contribution in [2.45, 2.75) is 19.3 Å². The van der Waals surface area contributed by atoms with Crippen LogP contribution in [0.3, 0.4) is 0 Å². The Bertz CT molecular complexity index is 560. The second-order valence-corrected chi connectivity index (χ2v) is 4.80. The second-order valence-electron chi connectivity index (χ2n) is 4.80. The Hall–Kier alpha value is -1.79. The number of fused-ring (bicyclic) bond motifs is 1. The van der Waals surface area contributed by atoms with Crippen molar-refractivity contribution < 1.29 is 23.5 Å². The monoisotopic (exact) mass is 279 g/mol. The molecule has 106 valence electrons. The molecule has 5 nitrogen and oxygen atoms in total. The molecule has 3 rings (SSSR count). The van der Waals surface area contributed by atoms with E-state index in [2.05, 4.69) is 5.16 Å². The standard InChI is InChI=1S/C14H14FNO4/c1-8(17)13-10-6-18-14(19-7-12(10)20-16-13)9-4-2-3-5-11(9)15/h2-5,10,12,14H,6-7H2,1H3/t10-,12-,14-/m1/s1. The van der Waals surface area contributed by atoms with Crippen molar-refractivity contribution in [1.29, 1.82) is 0 Å². The quantitative estimate of drug-likeness (QED) is 0.828. The van der Waals surface area contributed by atoms with Crippen LogP contribution >= 0.6 is 0 Å². The summed E-state index contributed by atoms with van der Waals surface area (Å²) in [6.07, 6.45) is -1.15. The zero-order valence-corrected chi connectivity index (χ0v) is 10.9. The molecule has 0 N–H and O–H groups in total. The van der Waals surface area contributed by atoms with E-state index >= 15 is 0 Å². The summed E-state index contributed by atoms with van der Waals surface area (Å²) in [5.74, 6) is -0.791. The van der Waals surface area contributed by atoms with Gasteiger partial charge in [-0.05, 0) is 6.07 Å².